The zero-order valence-electron chi connectivity index (χ0n) is 9.62. The summed E-state index contributed by atoms with van der Waals surface area (Å²) in [7, 11) is 0. The average molecular weight is 359 g/mol. The van der Waals surface area contributed by atoms with Crippen molar-refractivity contribution in [1.29, 1.82) is 0 Å². The molecule has 0 bridgehead atoms. The van der Waals surface area contributed by atoms with Crippen LogP contribution >= 0.6 is 39.0 Å². The summed E-state index contributed by atoms with van der Waals surface area (Å²) in [4.78, 5) is 26.3. The largest absolute Gasteiger partial charge is 0.294 e. The molecule has 2 heterocycles. The molecule has 0 aliphatic heterocycles. The quantitative estimate of drug-likeness (QED) is 0.465. The maximum Gasteiger partial charge on any atom is 0.294 e. The molecule has 8 heteroatoms. The molecular weight excluding hydrogens is 352 g/mol. The predicted molar refractivity (Wildman–Crippen MR) is 77.0 cm³/mol. The standard InChI is InChI=1S/C11H7BrN2O3S2/c1-6(15)9-4-8(14(16)17)11(18-9)19-10-3-2-7(12)5-13-10/h2-5H,1H3. The van der Waals surface area contributed by atoms with Crippen LogP contribution in [-0.4, -0.2) is 15.7 Å². The van der Waals surface area contributed by atoms with Gasteiger partial charge in [-0.05, 0) is 35.0 Å². The molecule has 0 aromatic carbocycles. The molecule has 0 N–H and O–H groups in total. The highest BCUT2D eigenvalue weighted by Gasteiger charge is 2.22. The van der Waals surface area contributed by atoms with Crippen LogP contribution in [0.4, 0.5) is 5.69 Å². The molecule has 5 nitrogen and oxygen atoms in total. The van der Waals surface area contributed by atoms with Gasteiger partial charge in [0.05, 0.1) is 9.80 Å². The number of nitrogens with zero attached hydrogens (tertiary/aromatic N) is 2. The van der Waals surface area contributed by atoms with Crippen molar-refractivity contribution in [3.63, 3.8) is 0 Å². The van der Waals surface area contributed by atoms with Crippen LogP contribution in [0.1, 0.15) is 16.6 Å². The van der Waals surface area contributed by atoms with Crippen LogP contribution in [0.25, 0.3) is 0 Å². The molecule has 0 aliphatic rings. The maximum absolute atomic E-state index is 11.3. The minimum Gasteiger partial charge on any atom is -0.294 e. The third kappa shape index (κ3) is 3.40. The molecular formula is C11H7BrN2O3S2. The molecule has 2 aromatic heterocycles. The van der Waals surface area contributed by atoms with Crippen LogP contribution in [0, 0.1) is 10.1 Å². The molecule has 0 radical (unpaired) electrons. The van der Waals surface area contributed by atoms with Gasteiger partial charge in [0.15, 0.2) is 5.78 Å². The maximum atomic E-state index is 11.3. The lowest BCUT2D eigenvalue weighted by Crippen LogP contribution is -1.88. The van der Waals surface area contributed by atoms with Gasteiger partial charge >= 0.3 is 0 Å². The molecule has 0 fully saturated rings. The Morgan fingerprint density at radius 2 is 2.26 bits per heavy atom. The van der Waals surface area contributed by atoms with Gasteiger partial charge in [-0.2, -0.15) is 0 Å². The number of pyridine rings is 1. The molecule has 0 aliphatic carbocycles. The fourth-order valence-electron chi connectivity index (χ4n) is 1.26. The number of rotatable bonds is 4. The van der Waals surface area contributed by atoms with Crippen LogP contribution in [0.15, 0.2) is 38.1 Å². The third-order valence-corrected chi connectivity index (χ3v) is 4.95. The minimum absolute atomic E-state index is 0.0510. The summed E-state index contributed by atoms with van der Waals surface area (Å²) in [5.41, 5.74) is -0.0510. The second-order valence-electron chi connectivity index (χ2n) is 3.51. The van der Waals surface area contributed by atoms with E-state index in [1.165, 1.54) is 24.8 Å². The molecule has 0 atom stereocenters. The third-order valence-electron chi connectivity index (χ3n) is 2.12. The number of hydrogen-bond donors (Lipinski definition) is 0. The smallest absolute Gasteiger partial charge is 0.294 e. The normalized spacial score (nSPS) is 10.4. The van der Waals surface area contributed by atoms with Gasteiger partial charge in [-0.15, -0.1) is 11.3 Å². The van der Waals surface area contributed by atoms with Gasteiger partial charge < -0.3 is 0 Å². The van der Waals surface area contributed by atoms with Gasteiger partial charge in [0.25, 0.3) is 5.69 Å². The highest BCUT2D eigenvalue weighted by molar-refractivity contribution is 9.10. The minimum atomic E-state index is -0.482. The first kappa shape index (κ1) is 14.2. The molecule has 2 rings (SSSR count). The second-order valence-corrected chi connectivity index (χ2v) is 6.77. The summed E-state index contributed by atoms with van der Waals surface area (Å²) in [6, 6.07) is 4.88. The Morgan fingerprint density at radius 1 is 1.53 bits per heavy atom. The number of ketones is 1. The van der Waals surface area contributed by atoms with Crippen LogP contribution in [-0.2, 0) is 0 Å². The van der Waals surface area contributed by atoms with Gasteiger partial charge in [0.2, 0.25) is 0 Å². The van der Waals surface area contributed by atoms with Crippen molar-refractivity contribution in [2.75, 3.05) is 0 Å². The molecule has 0 saturated carbocycles. The Morgan fingerprint density at radius 3 is 2.79 bits per heavy atom. The van der Waals surface area contributed by atoms with E-state index in [1.807, 2.05) is 0 Å². The van der Waals surface area contributed by atoms with Crippen molar-refractivity contribution in [3.8, 4) is 0 Å². The lowest BCUT2D eigenvalue weighted by Gasteiger charge is -1.97. The fraction of sp³-hybridized carbons (Fsp3) is 0.0909. The molecule has 0 amide bonds. The summed E-state index contributed by atoms with van der Waals surface area (Å²) < 4.78 is 1.30. The number of thiophene rings is 1. The number of carbonyl (C=O) groups is 1. The highest BCUT2D eigenvalue weighted by Crippen LogP contribution is 2.40. The van der Waals surface area contributed by atoms with E-state index in [9.17, 15) is 14.9 Å². The van der Waals surface area contributed by atoms with Gasteiger partial charge in [0.1, 0.15) is 9.24 Å². The van der Waals surface area contributed by atoms with Crippen LogP contribution in [0.3, 0.4) is 0 Å². The summed E-state index contributed by atoms with van der Waals surface area (Å²) in [5, 5.41) is 11.6. The monoisotopic (exact) mass is 358 g/mol. The molecule has 98 valence electrons. The Balaban J connectivity index is 2.35. The molecule has 0 saturated heterocycles. The van der Waals surface area contributed by atoms with Crippen LogP contribution in [0.5, 0.6) is 0 Å². The highest BCUT2D eigenvalue weighted by atomic mass is 79.9. The van der Waals surface area contributed by atoms with Gasteiger partial charge in [-0.3, -0.25) is 14.9 Å². The van der Waals surface area contributed by atoms with Crippen LogP contribution < -0.4 is 0 Å². The number of carbonyl (C=O) groups excluding carboxylic acids is 1. The van der Waals surface area contributed by atoms with E-state index in [0.717, 1.165) is 15.8 Å². The van der Waals surface area contributed by atoms with Crippen LogP contribution in [0.2, 0.25) is 0 Å². The Kier molecular flexibility index (Phi) is 4.33. The predicted octanol–water partition coefficient (Wildman–Crippen LogP) is 4.17. The van der Waals surface area contributed by atoms with E-state index >= 15 is 0 Å². The lowest BCUT2D eigenvalue weighted by molar-refractivity contribution is -0.387. The van der Waals surface area contributed by atoms with Gasteiger partial charge in [-0.25, -0.2) is 4.98 Å². The number of hydrogen-bond acceptors (Lipinski definition) is 6. The summed E-state index contributed by atoms with van der Waals surface area (Å²) in [6.07, 6.45) is 1.62. The number of aromatic nitrogens is 1. The molecule has 0 spiro atoms. The first-order valence-electron chi connectivity index (χ1n) is 5.06. The molecule has 0 unspecified atom stereocenters. The fourth-order valence-corrected chi connectivity index (χ4v) is 3.60. The molecule has 2 aromatic rings. The van der Waals surface area contributed by atoms with Gasteiger partial charge in [0, 0.05) is 16.7 Å². The number of nitro groups is 1. The Labute approximate surface area is 125 Å². The first-order valence-corrected chi connectivity index (χ1v) is 7.48. The van der Waals surface area contributed by atoms with Crippen molar-refractivity contribution in [2.24, 2.45) is 0 Å². The summed E-state index contributed by atoms with van der Waals surface area (Å²) in [6.45, 7) is 1.39. The van der Waals surface area contributed by atoms with Crippen molar-refractivity contribution >= 4 is 50.5 Å². The SMILES string of the molecule is CC(=O)c1cc([N+](=O)[O-])c(Sc2ccc(Br)cn2)s1. The second kappa shape index (κ2) is 5.81. The lowest BCUT2D eigenvalue weighted by atomic mass is 10.3. The van der Waals surface area contributed by atoms with E-state index in [2.05, 4.69) is 20.9 Å². The summed E-state index contributed by atoms with van der Waals surface area (Å²) in [5.74, 6) is -0.177. The summed E-state index contributed by atoms with van der Waals surface area (Å²) >= 11 is 5.57. The van der Waals surface area contributed by atoms with E-state index in [1.54, 1.807) is 18.3 Å². The van der Waals surface area contributed by atoms with E-state index in [0.29, 0.717) is 14.1 Å². The van der Waals surface area contributed by atoms with Crippen molar-refractivity contribution in [1.82, 2.24) is 4.98 Å². The van der Waals surface area contributed by atoms with Gasteiger partial charge in [-0.1, -0.05) is 11.8 Å². The Hall–Kier alpha value is -1.25. The first-order chi connectivity index (χ1) is 8.97. The van der Waals surface area contributed by atoms with Crippen molar-refractivity contribution in [3.05, 3.63) is 43.9 Å². The molecule has 19 heavy (non-hydrogen) atoms. The van der Waals surface area contributed by atoms with E-state index in [4.69, 9.17) is 0 Å². The number of Topliss-reactive ketones (excluding diaryl/α,β-unsaturated/α-hetero) is 1. The van der Waals surface area contributed by atoms with E-state index < -0.39 is 4.92 Å². The van der Waals surface area contributed by atoms with E-state index in [-0.39, 0.29) is 11.5 Å². The van der Waals surface area contributed by atoms with Crippen molar-refractivity contribution in [2.45, 2.75) is 16.2 Å². The average Bonchev–Trinajstić information content (AvgIpc) is 2.76. The zero-order valence-corrected chi connectivity index (χ0v) is 12.8. The Bertz CT molecular complexity index is 640. The topological polar surface area (TPSA) is 73.1 Å². The number of halogens is 1. The zero-order chi connectivity index (χ0) is 14.0. The van der Waals surface area contributed by atoms with Crippen molar-refractivity contribution < 1.29 is 9.72 Å².